The molecular formula is C10H13N5O. The molecule has 0 aliphatic rings. The molecule has 84 valence electrons. The number of nitrogens with one attached hydrogen (secondary N) is 1. The van der Waals surface area contributed by atoms with Crippen LogP contribution in [0.5, 0.6) is 0 Å². The van der Waals surface area contributed by atoms with Gasteiger partial charge in [0.05, 0.1) is 5.41 Å². The van der Waals surface area contributed by atoms with Crippen molar-refractivity contribution in [3.8, 4) is 6.07 Å². The predicted octanol–water partition coefficient (Wildman–Crippen LogP) is 0.272. The van der Waals surface area contributed by atoms with Crippen LogP contribution in [0, 0.1) is 16.7 Å². The summed E-state index contributed by atoms with van der Waals surface area (Å²) in [5.74, 6) is -0.0928. The van der Waals surface area contributed by atoms with Gasteiger partial charge in [-0.1, -0.05) is 0 Å². The van der Waals surface area contributed by atoms with Gasteiger partial charge in [-0.25, -0.2) is 9.97 Å². The first-order valence-corrected chi connectivity index (χ1v) is 4.72. The zero-order valence-electron chi connectivity index (χ0n) is 9.19. The molecule has 1 aromatic rings. The SMILES string of the molecule is CC(C)(CNc1nccc(C#N)n1)C(N)=O. The van der Waals surface area contributed by atoms with Crippen LogP contribution in [-0.4, -0.2) is 22.4 Å². The van der Waals surface area contributed by atoms with Crippen molar-refractivity contribution in [2.24, 2.45) is 11.1 Å². The minimum absolute atomic E-state index is 0.273. The highest BCUT2D eigenvalue weighted by Gasteiger charge is 2.24. The quantitative estimate of drug-likeness (QED) is 0.756. The molecule has 0 radical (unpaired) electrons. The molecule has 1 rings (SSSR count). The summed E-state index contributed by atoms with van der Waals surface area (Å²) in [6, 6.07) is 3.41. The summed E-state index contributed by atoms with van der Waals surface area (Å²) >= 11 is 0. The maximum Gasteiger partial charge on any atom is 0.224 e. The van der Waals surface area contributed by atoms with Crippen LogP contribution in [0.25, 0.3) is 0 Å². The number of primary amides is 1. The van der Waals surface area contributed by atoms with E-state index in [4.69, 9.17) is 11.0 Å². The molecule has 0 aliphatic heterocycles. The molecule has 16 heavy (non-hydrogen) atoms. The standard InChI is InChI=1S/C10H13N5O/c1-10(2,8(12)16)6-14-9-13-4-3-7(5-11)15-9/h3-4H,6H2,1-2H3,(H2,12,16)(H,13,14,15). The van der Waals surface area contributed by atoms with Gasteiger partial charge in [0.1, 0.15) is 11.8 Å². The Kier molecular flexibility index (Phi) is 3.40. The summed E-state index contributed by atoms with van der Waals surface area (Å²) in [5, 5.41) is 11.5. The molecule has 0 fully saturated rings. The van der Waals surface area contributed by atoms with Crippen molar-refractivity contribution in [2.45, 2.75) is 13.8 Å². The van der Waals surface area contributed by atoms with Gasteiger partial charge in [-0.15, -0.1) is 0 Å². The lowest BCUT2D eigenvalue weighted by molar-refractivity contribution is -0.125. The van der Waals surface area contributed by atoms with E-state index in [-0.39, 0.29) is 5.69 Å². The van der Waals surface area contributed by atoms with E-state index in [1.54, 1.807) is 13.8 Å². The maximum absolute atomic E-state index is 11.1. The molecule has 0 saturated heterocycles. The second kappa shape index (κ2) is 4.57. The van der Waals surface area contributed by atoms with Crippen molar-refractivity contribution in [1.82, 2.24) is 9.97 Å². The number of amides is 1. The van der Waals surface area contributed by atoms with Crippen molar-refractivity contribution >= 4 is 11.9 Å². The van der Waals surface area contributed by atoms with Gasteiger partial charge in [-0.05, 0) is 19.9 Å². The highest BCUT2D eigenvalue weighted by atomic mass is 16.1. The molecule has 0 saturated carbocycles. The van der Waals surface area contributed by atoms with Gasteiger partial charge in [0.25, 0.3) is 0 Å². The molecule has 1 amide bonds. The first-order chi connectivity index (χ1) is 7.45. The normalized spacial score (nSPS) is 10.6. The molecule has 1 heterocycles. The Morgan fingerprint density at radius 1 is 1.69 bits per heavy atom. The predicted molar refractivity (Wildman–Crippen MR) is 58.2 cm³/mol. The Bertz CT molecular complexity index is 435. The van der Waals surface area contributed by atoms with Crippen molar-refractivity contribution in [1.29, 1.82) is 5.26 Å². The fraction of sp³-hybridized carbons (Fsp3) is 0.400. The first kappa shape index (κ1) is 11.9. The molecule has 0 bridgehead atoms. The molecule has 0 aromatic carbocycles. The molecule has 0 unspecified atom stereocenters. The molecule has 6 nitrogen and oxygen atoms in total. The van der Waals surface area contributed by atoms with E-state index in [1.165, 1.54) is 12.3 Å². The Morgan fingerprint density at radius 3 is 2.94 bits per heavy atom. The summed E-state index contributed by atoms with van der Waals surface area (Å²) in [5.41, 5.74) is 4.80. The van der Waals surface area contributed by atoms with E-state index in [0.29, 0.717) is 12.5 Å². The lowest BCUT2D eigenvalue weighted by Crippen LogP contribution is -2.37. The highest BCUT2D eigenvalue weighted by molar-refractivity contribution is 5.80. The van der Waals surface area contributed by atoms with Crippen molar-refractivity contribution < 1.29 is 4.79 Å². The topological polar surface area (TPSA) is 105 Å². The third-order valence-corrected chi connectivity index (χ3v) is 2.13. The van der Waals surface area contributed by atoms with Crippen LogP contribution in [0.1, 0.15) is 19.5 Å². The van der Waals surface area contributed by atoms with Crippen molar-refractivity contribution in [2.75, 3.05) is 11.9 Å². The third-order valence-electron chi connectivity index (χ3n) is 2.13. The van der Waals surface area contributed by atoms with E-state index in [0.717, 1.165) is 0 Å². The molecular weight excluding hydrogens is 206 g/mol. The largest absolute Gasteiger partial charge is 0.369 e. The van der Waals surface area contributed by atoms with Crippen LogP contribution in [0.4, 0.5) is 5.95 Å². The van der Waals surface area contributed by atoms with Gasteiger partial charge in [-0.2, -0.15) is 5.26 Å². The number of anilines is 1. The van der Waals surface area contributed by atoms with Crippen LogP contribution >= 0.6 is 0 Å². The molecule has 0 aliphatic carbocycles. The number of nitrogens with zero attached hydrogens (tertiary/aromatic N) is 3. The zero-order valence-corrected chi connectivity index (χ0v) is 9.19. The molecule has 0 atom stereocenters. The molecule has 1 aromatic heterocycles. The number of nitrogens with two attached hydrogens (primary N) is 1. The van der Waals surface area contributed by atoms with Gasteiger partial charge in [0.2, 0.25) is 11.9 Å². The van der Waals surface area contributed by atoms with E-state index in [1.807, 2.05) is 6.07 Å². The lowest BCUT2D eigenvalue weighted by Gasteiger charge is -2.20. The van der Waals surface area contributed by atoms with E-state index < -0.39 is 11.3 Å². The van der Waals surface area contributed by atoms with Crippen LogP contribution < -0.4 is 11.1 Å². The van der Waals surface area contributed by atoms with E-state index >= 15 is 0 Å². The minimum Gasteiger partial charge on any atom is -0.369 e. The Morgan fingerprint density at radius 2 is 2.38 bits per heavy atom. The summed E-state index contributed by atoms with van der Waals surface area (Å²) in [6.45, 7) is 3.75. The van der Waals surface area contributed by atoms with E-state index in [2.05, 4.69) is 15.3 Å². The van der Waals surface area contributed by atoms with Gasteiger partial charge >= 0.3 is 0 Å². The molecule has 3 N–H and O–H groups in total. The maximum atomic E-state index is 11.1. The van der Waals surface area contributed by atoms with Crippen LogP contribution in [-0.2, 0) is 4.79 Å². The Labute approximate surface area is 93.5 Å². The van der Waals surface area contributed by atoms with Crippen molar-refractivity contribution in [3.63, 3.8) is 0 Å². The number of rotatable bonds is 4. The monoisotopic (exact) mass is 219 g/mol. The summed E-state index contributed by atoms with van der Waals surface area (Å²) in [6.07, 6.45) is 1.48. The number of aromatic nitrogens is 2. The first-order valence-electron chi connectivity index (χ1n) is 4.72. The highest BCUT2D eigenvalue weighted by Crippen LogP contribution is 2.14. The van der Waals surface area contributed by atoms with Crippen LogP contribution in [0.15, 0.2) is 12.3 Å². The molecule has 6 heteroatoms. The fourth-order valence-corrected chi connectivity index (χ4v) is 0.893. The fourth-order valence-electron chi connectivity index (χ4n) is 0.893. The van der Waals surface area contributed by atoms with Gasteiger partial charge in [0.15, 0.2) is 0 Å². The second-order valence-corrected chi connectivity index (χ2v) is 3.98. The number of carbonyl (C=O) groups excluding carboxylic acids is 1. The number of carbonyl (C=O) groups is 1. The lowest BCUT2D eigenvalue weighted by atomic mass is 9.93. The van der Waals surface area contributed by atoms with Crippen LogP contribution in [0.2, 0.25) is 0 Å². The van der Waals surface area contributed by atoms with Crippen molar-refractivity contribution in [3.05, 3.63) is 18.0 Å². The van der Waals surface area contributed by atoms with Crippen LogP contribution in [0.3, 0.4) is 0 Å². The number of hydrogen-bond acceptors (Lipinski definition) is 5. The number of nitriles is 1. The number of hydrogen-bond donors (Lipinski definition) is 2. The Balaban J connectivity index is 2.69. The average Bonchev–Trinajstić information content (AvgIpc) is 2.26. The summed E-state index contributed by atoms with van der Waals surface area (Å²) in [7, 11) is 0. The van der Waals surface area contributed by atoms with Gasteiger partial charge in [0, 0.05) is 12.7 Å². The van der Waals surface area contributed by atoms with Gasteiger partial charge in [-0.3, -0.25) is 4.79 Å². The van der Waals surface area contributed by atoms with E-state index in [9.17, 15) is 4.79 Å². The third kappa shape index (κ3) is 2.92. The minimum atomic E-state index is -0.688. The smallest absolute Gasteiger partial charge is 0.224 e. The summed E-state index contributed by atoms with van der Waals surface area (Å²) in [4.78, 5) is 18.9. The van der Waals surface area contributed by atoms with Gasteiger partial charge < -0.3 is 11.1 Å². The summed E-state index contributed by atoms with van der Waals surface area (Å²) < 4.78 is 0. The second-order valence-electron chi connectivity index (χ2n) is 3.98. The zero-order chi connectivity index (χ0) is 12.2. The average molecular weight is 219 g/mol. The Hall–Kier alpha value is -2.16. The molecule has 0 spiro atoms.